The minimum Gasteiger partial charge on any atom is -0.497 e. The molecule has 1 aliphatic rings. The Morgan fingerprint density at radius 3 is 2.55 bits per heavy atom. The Hall–Kier alpha value is -3.25. The van der Waals surface area contributed by atoms with Crippen molar-refractivity contribution in [1.82, 2.24) is 20.2 Å². The van der Waals surface area contributed by atoms with E-state index < -0.39 is 0 Å². The summed E-state index contributed by atoms with van der Waals surface area (Å²) in [6.07, 6.45) is 7.47. The average molecular weight is 445 g/mol. The van der Waals surface area contributed by atoms with Crippen molar-refractivity contribution in [2.45, 2.75) is 32.2 Å². The number of ether oxygens (including phenoxy) is 1. The number of rotatable bonds is 9. The molecule has 1 saturated heterocycles. The van der Waals surface area contributed by atoms with Crippen molar-refractivity contribution in [3.63, 3.8) is 0 Å². The first-order valence-electron chi connectivity index (χ1n) is 11.7. The van der Waals surface area contributed by atoms with Crippen LogP contribution in [-0.4, -0.2) is 47.5 Å². The summed E-state index contributed by atoms with van der Waals surface area (Å²) in [6, 6.07) is 17.9. The number of likely N-dealkylation sites (tertiary alicyclic amines) is 1. The minimum absolute atomic E-state index is 0.137. The molecule has 1 N–H and O–H groups in total. The van der Waals surface area contributed by atoms with E-state index in [1.807, 2.05) is 54.9 Å². The van der Waals surface area contributed by atoms with Crippen LogP contribution in [0.4, 0.5) is 0 Å². The fourth-order valence-corrected chi connectivity index (χ4v) is 4.29. The van der Waals surface area contributed by atoms with Gasteiger partial charge in [0.1, 0.15) is 5.75 Å². The number of carbonyl (C=O) groups is 1. The summed E-state index contributed by atoms with van der Waals surface area (Å²) in [5.41, 5.74) is 3.29. The molecule has 0 bridgehead atoms. The van der Waals surface area contributed by atoms with Gasteiger partial charge in [-0.15, -0.1) is 0 Å². The molecule has 33 heavy (non-hydrogen) atoms. The van der Waals surface area contributed by atoms with Gasteiger partial charge in [-0.3, -0.25) is 9.69 Å². The predicted molar refractivity (Wildman–Crippen MR) is 130 cm³/mol. The Balaban J connectivity index is 1.22. The number of nitrogens with one attached hydrogen (secondary N) is 1. The molecule has 6 heteroatoms. The highest BCUT2D eigenvalue weighted by Crippen LogP contribution is 2.21. The molecule has 1 aromatic heterocycles. The van der Waals surface area contributed by atoms with Gasteiger partial charge in [-0.1, -0.05) is 30.3 Å². The summed E-state index contributed by atoms with van der Waals surface area (Å²) in [6.45, 7) is 3.64. The third kappa shape index (κ3) is 6.86. The molecule has 4 rings (SSSR count). The molecule has 3 aromatic rings. The Kier molecular flexibility index (Phi) is 8.04. The van der Waals surface area contributed by atoms with Gasteiger partial charge in [0.05, 0.1) is 7.11 Å². The molecule has 2 aromatic carbocycles. The fourth-order valence-electron chi connectivity index (χ4n) is 4.29. The average Bonchev–Trinajstić information content (AvgIpc) is 2.88. The van der Waals surface area contributed by atoms with Gasteiger partial charge in [-0.25, -0.2) is 9.97 Å². The number of piperidine rings is 1. The highest BCUT2D eigenvalue weighted by Gasteiger charge is 2.20. The van der Waals surface area contributed by atoms with E-state index in [-0.39, 0.29) is 5.91 Å². The second kappa shape index (κ2) is 11.6. The minimum atomic E-state index is 0.137. The second-order valence-corrected chi connectivity index (χ2v) is 8.68. The molecule has 0 aliphatic carbocycles. The number of amides is 1. The number of aromatic nitrogens is 2. The molecule has 2 heterocycles. The van der Waals surface area contributed by atoms with Crippen LogP contribution < -0.4 is 10.1 Å². The maximum atomic E-state index is 12.3. The molecule has 1 fully saturated rings. The summed E-state index contributed by atoms with van der Waals surface area (Å²) >= 11 is 0. The predicted octanol–water partition coefficient (Wildman–Crippen LogP) is 4.11. The largest absolute Gasteiger partial charge is 0.497 e. The van der Waals surface area contributed by atoms with Crippen LogP contribution in [0.5, 0.6) is 5.75 Å². The molecule has 0 spiro atoms. The molecule has 0 radical (unpaired) electrons. The quantitative estimate of drug-likeness (QED) is 0.538. The van der Waals surface area contributed by atoms with Crippen LogP contribution in [0.1, 0.15) is 30.4 Å². The topological polar surface area (TPSA) is 67.3 Å². The van der Waals surface area contributed by atoms with Crippen molar-refractivity contribution in [2.24, 2.45) is 5.92 Å². The summed E-state index contributed by atoms with van der Waals surface area (Å²) in [5, 5.41) is 3.14. The fraction of sp³-hybridized carbons (Fsp3) is 0.370. The van der Waals surface area contributed by atoms with Crippen molar-refractivity contribution < 1.29 is 9.53 Å². The monoisotopic (exact) mass is 444 g/mol. The molecule has 6 nitrogen and oxygen atoms in total. The van der Waals surface area contributed by atoms with E-state index in [1.54, 1.807) is 7.11 Å². The van der Waals surface area contributed by atoms with E-state index in [4.69, 9.17) is 4.74 Å². The van der Waals surface area contributed by atoms with Crippen LogP contribution in [0.3, 0.4) is 0 Å². The Morgan fingerprint density at radius 1 is 1.06 bits per heavy atom. The molecule has 172 valence electrons. The number of hydrogen-bond donors (Lipinski definition) is 1. The zero-order valence-electron chi connectivity index (χ0n) is 19.2. The van der Waals surface area contributed by atoms with Crippen molar-refractivity contribution in [1.29, 1.82) is 0 Å². The number of benzene rings is 2. The lowest BCUT2D eigenvalue weighted by Crippen LogP contribution is -2.40. The first kappa shape index (κ1) is 22.9. The van der Waals surface area contributed by atoms with Crippen LogP contribution in [0.2, 0.25) is 0 Å². The van der Waals surface area contributed by atoms with E-state index in [9.17, 15) is 4.79 Å². The number of nitrogens with zero attached hydrogens (tertiary/aromatic N) is 3. The zero-order valence-corrected chi connectivity index (χ0v) is 19.2. The smallest absolute Gasteiger partial charge is 0.220 e. The maximum absolute atomic E-state index is 12.3. The Morgan fingerprint density at radius 2 is 1.82 bits per heavy atom. The van der Waals surface area contributed by atoms with Gasteiger partial charge in [-0.05, 0) is 61.6 Å². The SMILES string of the molecule is COc1ccc(-c2ncc(CN3CCCC(CNC(=O)CCc4ccccc4)C3)cn2)cc1. The van der Waals surface area contributed by atoms with Crippen molar-refractivity contribution >= 4 is 5.91 Å². The van der Waals surface area contributed by atoms with Gasteiger partial charge in [0.25, 0.3) is 0 Å². The highest BCUT2D eigenvalue weighted by atomic mass is 16.5. The van der Waals surface area contributed by atoms with Crippen LogP contribution >= 0.6 is 0 Å². The van der Waals surface area contributed by atoms with E-state index in [0.29, 0.717) is 12.3 Å². The molecule has 1 atom stereocenters. The van der Waals surface area contributed by atoms with E-state index in [0.717, 1.165) is 68.1 Å². The lowest BCUT2D eigenvalue weighted by Gasteiger charge is -2.32. The van der Waals surface area contributed by atoms with Crippen LogP contribution in [-0.2, 0) is 17.8 Å². The van der Waals surface area contributed by atoms with E-state index >= 15 is 0 Å². The molecule has 1 aliphatic heterocycles. The summed E-state index contributed by atoms with van der Waals surface area (Å²) in [5.74, 6) is 2.16. The number of aryl methyl sites for hydroxylation is 1. The van der Waals surface area contributed by atoms with Crippen LogP contribution in [0, 0.1) is 5.92 Å². The van der Waals surface area contributed by atoms with Gasteiger partial charge in [-0.2, -0.15) is 0 Å². The number of methoxy groups -OCH3 is 1. The Labute approximate surface area is 196 Å². The maximum Gasteiger partial charge on any atom is 0.220 e. The van der Waals surface area contributed by atoms with Gasteiger partial charge in [0.15, 0.2) is 5.82 Å². The van der Waals surface area contributed by atoms with E-state index in [1.165, 1.54) is 5.56 Å². The molecule has 1 amide bonds. The summed E-state index contributed by atoms with van der Waals surface area (Å²) in [7, 11) is 1.66. The van der Waals surface area contributed by atoms with Gasteiger partial charge in [0.2, 0.25) is 5.91 Å². The summed E-state index contributed by atoms with van der Waals surface area (Å²) in [4.78, 5) is 23.8. The van der Waals surface area contributed by atoms with Gasteiger partial charge >= 0.3 is 0 Å². The van der Waals surface area contributed by atoms with Crippen molar-refractivity contribution in [3.05, 3.63) is 78.1 Å². The number of carbonyl (C=O) groups excluding carboxylic acids is 1. The van der Waals surface area contributed by atoms with Gasteiger partial charge in [0, 0.05) is 49.6 Å². The zero-order chi connectivity index (χ0) is 22.9. The van der Waals surface area contributed by atoms with Gasteiger partial charge < -0.3 is 10.1 Å². The van der Waals surface area contributed by atoms with Crippen LogP contribution in [0.15, 0.2) is 67.0 Å². The normalized spacial score (nSPS) is 16.3. The lowest BCUT2D eigenvalue weighted by molar-refractivity contribution is -0.121. The highest BCUT2D eigenvalue weighted by molar-refractivity contribution is 5.76. The second-order valence-electron chi connectivity index (χ2n) is 8.68. The molecular weight excluding hydrogens is 412 g/mol. The molecular formula is C27H32N4O2. The number of hydrogen-bond acceptors (Lipinski definition) is 5. The first-order valence-corrected chi connectivity index (χ1v) is 11.7. The summed E-state index contributed by atoms with van der Waals surface area (Å²) < 4.78 is 5.21. The van der Waals surface area contributed by atoms with Crippen molar-refractivity contribution in [2.75, 3.05) is 26.7 Å². The van der Waals surface area contributed by atoms with Crippen molar-refractivity contribution in [3.8, 4) is 17.1 Å². The molecule has 1 unspecified atom stereocenters. The standard InChI is InChI=1S/C27H32N4O2/c1-33-25-12-10-24(11-13-25)27-29-17-23(18-30-27)20-31-15-5-8-22(19-31)16-28-26(32)14-9-21-6-3-2-4-7-21/h2-4,6-7,10-13,17-18,22H,5,8-9,14-16,19-20H2,1H3,(H,28,32). The van der Waals surface area contributed by atoms with Crippen LogP contribution in [0.25, 0.3) is 11.4 Å². The third-order valence-electron chi connectivity index (χ3n) is 6.13. The first-order chi connectivity index (χ1) is 16.2. The third-order valence-corrected chi connectivity index (χ3v) is 6.13. The van der Waals surface area contributed by atoms with E-state index in [2.05, 4.69) is 32.3 Å². The lowest BCUT2D eigenvalue weighted by atomic mass is 9.97. The Bertz CT molecular complexity index is 1010. The molecule has 0 saturated carbocycles.